The maximum Gasteiger partial charge on any atom is 0.253 e. The highest BCUT2D eigenvalue weighted by atomic mass is 16.2. The van der Waals surface area contributed by atoms with Crippen molar-refractivity contribution in [2.75, 3.05) is 46.3 Å². The molecule has 3 heterocycles. The molecule has 0 N–H and O–H groups in total. The molecule has 1 aromatic heterocycles. The quantitative estimate of drug-likeness (QED) is 0.717. The molecule has 0 radical (unpaired) electrons. The van der Waals surface area contributed by atoms with E-state index in [2.05, 4.69) is 41.1 Å². The van der Waals surface area contributed by atoms with E-state index in [1.54, 1.807) is 0 Å². The fourth-order valence-corrected chi connectivity index (χ4v) is 5.28. The smallest absolute Gasteiger partial charge is 0.253 e. The first-order chi connectivity index (χ1) is 15.7. The molecule has 5 nitrogen and oxygen atoms in total. The second kappa shape index (κ2) is 9.72. The number of piperidine rings is 1. The van der Waals surface area contributed by atoms with E-state index >= 15 is 0 Å². The van der Waals surface area contributed by atoms with Crippen LogP contribution in [-0.4, -0.2) is 77.9 Å². The molecule has 1 saturated carbocycles. The fourth-order valence-electron chi connectivity index (χ4n) is 5.28. The molecule has 2 aromatic rings. The molecule has 0 unspecified atom stereocenters. The van der Waals surface area contributed by atoms with E-state index in [1.165, 1.54) is 50.9 Å². The first-order valence-corrected chi connectivity index (χ1v) is 12.4. The van der Waals surface area contributed by atoms with Crippen molar-refractivity contribution in [3.05, 3.63) is 53.9 Å². The number of hydrogen-bond donors (Lipinski definition) is 0. The van der Waals surface area contributed by atoms with Crippen LogP contribution >= 0.6 is 0 Å². The van der Waals surface area contributed by atoms with Crippen LogP contribution in [0.5, 0.6) is 0 Å². The Bertz CT molecular complexity index is 890. The number of piperazine rings is 1. The van der Waals surface area contributed by atoms with Gasteiger partial charge in [-0.2, -0.15) is 0 Å². The van der Waals surface area contributed by atoms with Crippen molar-refractivity contribution in [3.8, 4) is 11.1 Å². The summed E-state index contributed by atoms with van der Waals surface area (Å²) in [6.07, 6.45) is 9.96. The molecule has 0 spiro atoms. The normalized spacial score (nSPS) is 21.5. The molecule has 2 saturated heterocycles. The van der Waals surface area contributed by atoms with Crippen molar-refractivity contribution in [3.63, 3.8) is 0 Å². The average molecular weight is 433 g/mol. The van der Waals surface area contributed by atoms with E-state index in [-0.39, 0.29) is 5.91 Å². The van der Waals surface area contributed by atoms with Crippen LogP contribution in [0.2, 0.25) is 0 Å². The molecule has 0 atom stereocenters. The van der Waals surface area contributed by atoms with Gasteiger partial charge in [0, 0.05) is 55.2 Å². The lowest BCUT2D eigenvalue weighted by Crippen LogP contribution is -2.47. The first-order valence-electron chi connectivity index (χ1n) is 12.4. The third kappa shape index (κ3) is 4.89. The minimum absolute atomic E-state index is 0.140. The summed E-state index contributed by atoms with van der Waals surface area (Å²) in [5, 5.41) is 0. The summed E-state index contributed by atoms with van der Waals surface area (Å²) in [7, 11) is 2.11. The number of aromatic nitrogens is 1. The number of amides is 1. The monoisotopic (exact) mass is 432 g/mol. The van der Waals surface area contributed by atoms with Gasteiger partial charge in [0.2, 0.25) is 0 Å². The maximum absolute atomic E-state index is 12.8. The summed E-state index contributed by atoms with van der Waals surface area (Å²) >= 11 is 0. The summed E-state index contributed by atoms with van der Waals surface area (Å²) < 4.78 is 0. The standard InChI is InChI=1S/C27H36N4O/c1-29-15-17-31(18-16-29)27(32)23-7-5-22(6-8-23)24-9-10-25(28-20-24)19-21-11-13-30(14-12-21)26-3-2-4-26/h5-10,20-21,26H,2-4,11-19H2,1H3. The SMILES string of the molecule is CN1CCN(C(=O)c2ccc(-c3ccc(CC4CCN(C5CCC5)CC4)nc3)cc2)CC1. The van der Waals surface area contributed by atoms with Gasteiger partial charge in [-0.25, -0.2) is 0 Å². The summed E-state index contributed by atoms with van der Waals surface area (Å²) in [6.45, 7) is 6.05. The molecule has 5 rings (SSSR count). The minimum Gasteiger partial charge on any atom is -0.336 e. The topological polar surface area (TPSA) is 39.7 Å². The van der Waals surface area contributed by atoms with E-state index in [4.69, 9.17) is 4.98 Å². The number of benzene rings is 1. The third-order valence-corrected chi connectivity index (χ3v) is 7.82. The van der Waals surface area contributed by atoms with Gasteiger partial charge in [-0.15, -0.1) is 0 Å². The average Bonchev–Trinajstić information content (AvgIpc) is 2.80. The van der Waals surface area contributed by atoms with Crippen molar-refractivity contribution >= 4 is 5.91 Å². The van der Waals surface area contributed by atoms with Crippen molar-refractivity contribution in [1.29, 1.82) is 0 Å². The Morgan fingerprint density at radius 2 is 1.56 bits per heavy atom. The van der Waals surface area contributed by atoms with Crippen molar-refractivity contribution in [1.82, 2.24) is 19.7 Å². The Kier molecular flexibility index (Phi) is 6.56. The molecular weight excluding hydrogens is 396 g/mol. The van der Waals surface area contributed by atoms with Gasteiger partial charge >= 0.3 is 0 Å². The zero-order valence-electron chi connectivity index (χ0n) is 19.4. The van der Waals surface area contributed by atoms with Gasteiger partial charge in [0.25, 0.3) is 5.91 Å². The summed E-state index contributed by atoms with van der Waals surface area (Å²) in [5.74, 6) is 0.908. The number of pyridine rings is 1. The van der Waals surface area contributed by atoms with Crippen LogP contribution in [-0.2, 0) is 6.42 Å². The van der Waals surface area contributed by atoms with Gasteiger partial charge in [0.15, 0.2) is 0 Å². The first kappa shape index (κ1) is 21.6. The lowest BCUT2D eigenvalue weighted by Gasteiger charge is -2.41. The van der Waals surface area contributed by atoms with E-state index < -0.39 is 0 Å². The molecule has 1 amide bonds. The van der Waals surface area contributed by atoms with Crippen LogP contribution in [0.4, 0.5) is 0 Å². The van der Waals surface area contributed by atoms with E-state index in [9.17, 15) is 4.79 Å². The Hall–Kier alpha value is -2.24. The molecule has 3 aliphatic rings. The second-order valence-electron chi connectivity index (χ2n) is 9.98. The molecule has 170 valence electrons. The number of carbonyl (C=O) groups excluding carboxylic acids is 1. The van der Waals surface area contributed by atoms with E-state index in [0.717, 1.165) is 61.2 Å². The van der Waals surface area contributed by atoms with Gasteiger partial charge in [-0.05, 0) is 81.9 Å². The van der Waals surface area contributed by atoms with Gasteiger partial charge in [-0.1, -0.05) is 24.6 Å². The minimum atomic E-state index is 0.140. The van der Waals surface area contributed by atoms with Gasteiger partial charge < -0.3 is 14.7 Å². The lowest BCUT2D eigenvalue weighted by atomic mass is 9.86. The van der Waals surface area contributed by atoms with Crippen LogP contribution in [0.15, 0.2) is 42.6 Å². The summed E-state index contributed by atoms with van der Waals surface area (Å²) in [4.78, 5) is 24.5. The highest BCUT2D eigenvalue weighted by Crippen LogP contribution is 2.30. The number of rotatable bonds is 5. The number of nitrogens with zero attached hydrogens (tertiary/aromatic N) is 4. The lowest BCUT2D eigenvalue weighted by molar-refractivity contribution is 0.0664. The Morgan fingerprint density at radius 1 is 0.875 bits per heavy atom. The second-order valence-corrected chi connectivity index (χ2v) is 9.98. The van der Waals surface area contributed by atoms with E-state index in [1.807, 2.05) is 23.2 Å². The number of likely N-dealkylation sites (tertiary alicyclic amines) is 1. The number of hydrogen-bond acceptors (Lipinski definition) is 4. The van der Waals surface area contributed by atoms with Crippen molar-refractivity contribution < 1.29 is 4.79 Å². The Balaban J connectivity index is 1.15. The molecule has 0 bridgehead atoms. The molecule has 5 heteroatoms. The van der Waals surface area contributed by atoms with Crippen LogP contribution < -0.4 is 0 Å². The fraction of sp³-hybridized carbons (Fsp3) is 0.556. The maximum atomic E-state index is 12.8. The number of likely N-dealkylation sites (N-methyl/N-ethyl adjacent to an activating group) is 1. The predicted molar refractivity (Wildman–Crippen MR) is 129 cm³/mol. The largest absolute Gasteiger partial charge is 0.336 e. The van der Waals surface area contributed by atoms with Crippen LogP contribution in [0.3, 0.4) is 0 Å². The zero-order chi connectivity index (χ0) is 21.9. The summed E-state index contributed by atoms with van der Waals surface area (Å²) in [5.41, 5.74) is 4.22. The molecule has 1 aliphatic carbocycles. The highest BCUT2D eigenvalue weighted by molar-refractivity contribution is 5.94. The van der Waals surface area contributed by atoms with Gasteiger partial charge in [0.1, 0.15) is 0 Å². The Morgan fingerprint density at radius 3 is 2.16 bits per heavy atom. The van der Waals surface area contributed by atoms with Gasteiger partial charge in [-0.3, -0.25) is 9.78 Å². The van der Waals surface area contributed by atoms with Crippen molar-refractivity contribution in [2.45, 2.75) is 44.6 Å². The zero-order valence-corrected chi connectivity index (χ0v) is 19.4. The predicted octanol–water partition coefficient (Wildman–Crippen LogP) is 3.94. The molecule has 2 aliphatic heterocycles. The van der Waals surface area contributed by atoms with E-state index in [0.29, 0.717) is 0 Å². The highest BCUT2D eigenvalue weighted by Gasteiger charge is 2.28. The third-order valence-electron chi connectivity index (χ3n) is 7.82. The Labute approximate surface area is 192 Å². The van der Waals surface area contributed by atoms with Gasteiger partial charge in [0.05, 0.1) is 0 Å². The van der Waals surface area contributed by atoms with Crippen LogP contribution in [0.1, 0.15) is 48.2 Å². The van der Waals surface area contributed by atoms with Crippen LogP contribution in [0, 0.1) is 5.92 Å². The molecule has 1 aromatic carbocycles. The molecular formula is C27H36N4O. The molecule has 32 heavy (non-hydrogen) atoms. The summed E-state index contributed by atoms with van der Waals surface area (Å²) in [6, 6.07) is 13.3. The van der Waals surface area contributed by atoms with Crippen LogP contribution in [0.25, 0.3) is 11.1 Å². The number of carbonyl (C=O) groups is 1. The molecule has 3 fully saturated rings. The van der Waals surface area contributed by atoms with Crippen molar-refractivity contribution in [2.24, 2.45) is 5.92 Å².